The van der Waals surface area contributed by atoms with Gasteiger partial charge in [0.1, 0.15) is 23.9 Å². The van der Waals surface area contributed by atoms with Gasteiger partial charge in [0.15, 0.2) is 0 Å². The van der Waals surface area contributed by atoms with Gasteiger partial charge in [0, 0.05) is 30.8 Å². The lowest BCUT2D eigenvalue weighted by Gasteiger charge is -2.20. The first kappa shape index (κ1) is 24.4. The summed E-state index contributed by atoms with van der Waals surface area (Å²) in [5.74, 6) is -1.26. The molecule has 1 aliphatic rings. The SMILES string of the molecule is CCCCc1ccc(C(=O)N2CCc3cccc(COc4ccc(CCC(=O)O)c(F)c4)c32)nc1. The summed E-state index contributed by atoms with van der Waals surface area (Å²) in [6, 6.07) is 14.1. The zero-order valence-corrected chi connectivity index (χ0v) is 19.8. The Balaban J connectivity index is 1.47. The van der Waals surface area contributed by atoms with Crippen LogP contribution in [0, 0.1) is 5.82 Å². The molecule has 2 heterocycles. The van der Waals surface area contributed by atoms with Crippen molar-refractivity contribution in [1.82, 2.24) is 4.98 Å². The van der Waals surface area contributed by atoms with Crippen molar-refractivity contribution in [2.24, 2.45) is 0 Å². The molecule has 0 fully saturated rings. The third-order valence-electron chi connectivity index (χ3n) is 6.21. The number of hydrogen-bond acceptors (Lipinski definition) is 4. The molecule has 1 amide bonds. The third-order valence-corrected chi connectivity index (χ3v) is 6.21. The molecule has 0 aliphatic carbocycles. The fourth-order valence-electron chi connectivity index (χ4n) is 4.30. The molecule has 182 valence electrons. The lowest BCUT2D eigenvalue weighted by Crippen LogP contribution is -2.30. The van der Waals surface area contributed by atoms with Crippen LogP contribution in [0.5, 0.6) is 5.75 Å². The number of anilines is 1. The number of fused-ring (bicyclic) bond motifs is 1. The van der Waals surface area contributed by atoms with E-state index in [9.17, 15) is 14.0 Å². The van der Waals surface area contributed by atoms with Crippen molar-refractivity contribution >= 4 is 17.6 Å². The van der Waals surface area contributed by atoms with Crippen LogP contribution < -0.4 is 9.64 Å². The van der Waals surface area contributed by atoms with Gasteiger partial charge in [0.25, 0.3) is 5.91 Å². The fraction of sp³-hybridized carbons (Fsp3) is 0.321. The van der Waals surface area contributed by atoms with E-state index in [0.29, 0.717) is 23.6 Å². The highest BCUT2D eigenvalue weighted by Crippen LogP contribution is 2.34. The Labute approximate surface area is 204 Å². The van der Waals surface area contributed by atoms with Gasteiger partial charge in [-0.05, 0) is 54.5 Å². The van der Waals surface area contributed by atoms with Crippen LogP contribution in [0.2, 0.25) is 0 Å². The molecule has 2 aromatic carbocycles. The fourth-order valence-corrected chi connectivity index (χ4v) is 4.30. The Morgan fingerprint density at radius 3 is 2.69 bits per heavy atom. The van der Waals surface area contributed by atoms with E-state index < -0.39 is 11.8 Å². The number of unbranched alkanes of at least 4 members (excludes halogenated alkanes) is 1. The number of ether oxygens (including phenoxy) is 1. The highest BCUT2D eigenvalue weighted by atomic mass is 19.1. The number of carboxylic acids is 1. The number of carboxylic acid groups (broad SMARTS) is 1. The minimum atomic E-state index is -0.968. The van der Waals surface area contributed by atoms with Crippen molar-refractivity contribution in [1.29, 1.82) is 0 Å². The van der Waals surface area contributed by atoms with E-state index in [-0.39, 0.29) is 25.4 Å². The largest absolute Gasteiger partial charge is 0.489 e. The molecule has 0 saturated heterocycles. The van der Waals surface area contributed by atoms with E-state index >= 15 is 0 Å². The maximum atomic E-state index is 14.4. The lowest BCUT2D eigenvalue weighted by molar-refractivity contribution is -0.136. The van der Waals surface area contributed by atoms with Crippen molar-refractivity contribution in [3.8, 4) is 5.75 Å². The van der Waals surface area contributed by atoms with Crippen molar-refractivity contribution in [3.05, 3.63) is 88.5 Å². The molecule has 0 bridgehead atoms. The Bertz CT molecular complexity index is 1210. The smallest absolute Gasteiger partial charge is 0.303 e. The summed E-state index contributed by atoms with van der Waals surface area (Å²) in [6.07, 6.45) is 5.67. The molecule has 7 heteroatoms. The van der Waals surface area contributed by atoms with Gasteiger partial charge < -0.3 is 14.7 Å². The Morgan fingerprint density at radius 1 is 1.11 bits per heavy atom. The molecule has 1 N–H and O–H groups in total. The Hall–Kier alpha value is -3.74. The monoisotopic (exact) mass is 476 g/mol. The Morgan fingerprint density at radius 2 is 1.97 bits per heavy atom. The summed E-state index contributed by atoms with van der Waals surface area (Å²) >= 11 is 0. The molecule has 1 aromatic heterocycles. The van der Waals surface area contributed by atoms with E-state index in [4.69, 9.17) is 9.84 Å². The van der Waals surface area contributed by atoms with Gasteiger partial charge in [-0.3, -0.25) is 14.6 Å². The molecule has 0 atom stereocenters. The Kier molecular flexibility index (Phi) is 7.75. The third kappa shape index (κ3) is 5.85. The van der Waals surface area contributed by atoms with Crippen molar-refractivity contribution in [3.63, 3.8) is 0 Å². The predicted octanol–water partition coefficient (Wildman–Crippen LogP) is 5.36. The minimum absolute atomic E-state index is 0.123. The number of pyridine rings is 1. The number of aromatic nitrogens is 1. The number of nitrogens with zero attached hydrogens (tertiary/aromatic N) is 2. The molecule has 0 saturated carbocycles. The zero-order chi connectivity index (χ0) is 24.8. The molecular weight excluding hydrogens is 447 g/mol. The first-order valence-electron chi connectivity index (χ1n) is 12.0. The van der Waals surface area contributed by atoms with Gasteiger partial charge in [-0.1, -0.05) is 43.7 Å². The number of carbonyl (C=O) groups excluding carboxylic acids is 1. The van der Waals surface area contributed by atoms with Gasteiger partial charge in [0.2, 0.25) is 0 Å². The first-order chi connectivity index (χ1) is 17.0. The predicted molar refractivity (Wildman–Crippen MR) is 131 cm³/mol. The quantitative estimate of drug-likeness (QED) is 0.426. The molecule has 1 aliphatic heterocycles. The maximum absolute atomic E-state index is 14.4. The van der Waals surface area contributed by atoms with Crippen LogP contribution >= 0.6 is 0 Å². The second kappa shape index (κ2) is 11.1. The van der Waals surface area contributed by atoms with Crippen LogP contribution in [0.1, 0.15) is 58.9 Å². The maximum Gasteiger partial charge on any atom is 0.303 e. The lowest BCUT2D eigenvalue weighted by atomic mass is 10.1. The topological polar surface area (TPSA) is 79.7 Å². The van der Waals surface area contributed by atoms with Crippen LogP contribution in [0.15, 0.2) is 54.7 Å². The molecule has 0 unspecified atom stereocenters. The van der Waals surface area contributed by atoms with E-state index in [1.54, 1.807) is 29.3 Å². The normalized spacial score (nSPS) is 12.5. The molecule has 4 rings (SSSR count). The molecule has 6 nitrogen and oxygen atoms in total. The van der Waals surface area contributed by atoms with Crippen LogP contribution in [0.4, 0.5) is 10.1 Å². The van der Waals surface area contributed by atoms with Crippen LogP contribution in [-0.4, -0.2) is 28.5 Å². The zero-order valence-electron chi connectivity index (χ0n) is 19.8. The van der Waals surface area contributed by atoms with Gasteiger partial charge >= 0.3 is 5.97 Å². The van der Waals surface area contributed by atoms with Gasteiger partial charge in [-0.2, -0.15) is 0 Å². The summed E-state index contributed by atoms with van der Waals surface area (Å²) in [7, 11) is 0. The highest BCUT2D eigenvalue weighted by Gasteiger charge is 2.28. The summed E-state index contributed by atoms with van der Waals surface area (Å²) < 4.78 is 20.2. The van der Waals surface area contributed by atoms with Crippen LogP contribution in [0.25, 0.3) is 0 Å². The molecule has 0 radical (unpaired) electrons. The number of carbonyl (C=O) groups is 2. The second-order valence-corrected chi connectivity index (χ2v) is 8.72. The van der Waals surface area contributed by atoms with E-state index in [2.05, 4.69) is 11.9 Å². The molecule has 0 spiro atoms. The summed E-state index contributed by atoms with van der Waals surface area (Å²) in [4.78, 5) is 30.2. The number of benzene rings is 2. The van der Waals surface area contributed by atoms with Gasteiger partial charge in [-0.25, -0.2) is 4.39 Å². The number of hydrogen-bond donors (Lipinski definition) is 1. The minimum Gasteiger partial charge on any atom is -0.489 e. The van der Waals surface area contributed by atoms with Crippen LogP contribution in [0.3, 0.4) is 0 Å². The molecule has 3 aromatic rings. The van der Waals surface area contributed by atoms with E-state index in [1.807, 2.05) is 24.3 Å². The number of amides is 1. The summed E-state index contributed by atoms with van der Waals surface area (Å²) in [6.45, 7) is 2.88. The second-order valence-electron chi connectivity index (χ2n) is 8.72. The average Bonchev–Trinajstić information content (AvgIpc) is 3.30. The summed E-state index contributed by atoms with van der Waals surface area (Å²) in [5, 5.41) is 8.80. The average molecular weight is 477 g/mol. The number of para-hydroxylation sites is 1. The van der Waals surface area contributed by atoms with E-state index in [1.165, 1.54) is 6.07 Å². The first-order valence-corrected chi connectivity index (χ1v) is 12.0. The number of rotatable bonds is 10. The van der Waals surface area contributed by atoms with Crippen molar-refractivity contribution in [2.75, 3.05) is 11.4 Å². The number of aryl methyl sites for hydroxylation is 2. The van der Waals surface area contributed by atoms with Crippen LogP contribution in [-0.2, 0) is 30.7 Å². The molecular formula is C28H29FN2O4. The van der Waals surface area contributed by atoms with Gasteiger partial charge in [0.05, 0.1) is 5.69 Å². The van der Waals surface area contributed by atoms with Crippen molar-refractivity contribution < 1.29 is 23.8 Å². The number of aliphatic carboxylic acids is 1. The van der Waals surface area contributed by atoms with Crippen molar-refractivity contribution in [2.45, 2.75) is 52.1 Å². The molecule has 35 heavy (non-hydrogen) atoms. The van der Waals surface area contributed by atoms with Gasteiger partial charge in [-0.15, -0.1) is 0 Å². The van der Waals surface area contributed by atoms with E-state index in [0.717, 1.165) is 48.1 Å². The summed E-state index contributed by atoms with van der Waals surface area (Å²) in [5.41, 5.74) is 4.60. The highest BCUT2D eigenvalue weighted by molar-refractivity contribution is 6.06. The number of halogens is 1. The standard InChI is InChI=1S/C28H29FN2O4/c1-2-3-5-19-8-12-25(30-17-19)28(34)31-15-14-21-6-4-7-22(27(21)31)18-35-23-11-9-20(24(29)16-23)10-13-26(32)33/h4,6-9,11-12,16-17H,2-3,5,10,13-15,18H2,1H3,(H,32,33).